The average Bonchev–Trinajstić information content (AvgIpc) is 2.88. The Bertz CT molecular complexity index is 520. The van der Waals surface area contributed by atoms with Crippen LogP contribution in [0.5, 0.6) is 0 Å². The Balaban J connectivity index is 2.21. The summed E-state index contributed by atoms with van der Waals surface area (Å²) in [6, 6.07) is 10.5. The van der Waals surface area contributed by atoms with Crippen LogP contribution < -0.4 is 5.73 Å². The van der Waals surface area contributed by atoms with E-state index in [2.05, 4.69) is 44.0 Å². The zero-order valence-corrected chi connectivity index (χ0v) is 11.9. The Kier molecular flexibility index (Phi) is 4.40. The first-order chi connectivity index (χ1) is 9.13. The topological polar surface area (TPSA) is 42.4 Å². The van der Waals surface area contributed by atoms with E-state index in [-0.39, 0.29) is 6.04 Å². The van der Waals surface area contributed by atoms with Crippen LogP contribution in [0.1, 0.15) is 28.5 Å². The molecule has 0 saturated carbocycles. The van der Waals surface area contributed by atoms with Gasteiger partial charge in [-0.3, -0.25) is 4.90 Å². The van der Waals surface area contributed by atoms with Gasteiger partial charge in [0.2, 0.25) is 0 Å². The summed E-state index contributed by atoms with van der Waals surface area (Å²) in [6.45, 7) is 5.66. The predicted molar refractivity (Wildman–Crippen MR) is 77.9 cm³/mol. The maximum absolute atomic E-state index is 5.98. The zero-order chi connectivity index (χ0) is 13.8. The second-order valence-electron chi connectivity index (χ2n) is 5.04. The lowest BCUT2D eigenvalue weighted by molar-refractivity contribution is 0.222. The zero-order valence-electron chi connectivity index (χ0n) is 11.9. The molecule has 3 heteroatoms. The third kappa shape index (κ3) is 3.06. The van der Waals surface area contributed by atoms with Crippen molar-refractivity contribution in [1.82, 2.24) is 4.90 Å². The molecule has 0 aliphatic carbocycles. The van der Waals surface area contributed by atoms with Gasteiger partial charge in [-0.1, -0.05) is 18.2 Å². The lowest BCUT2D eigenvalue weighted by Crippen LogP contribution is -2.30. The quantitative estimate of drug-likeness (QED) is 0.896. The highest BCUT2D eigenvalue weighted by molar-refractivity contribution is 5.35. The summed E-state index contributed by atoms with van der Waals surface area (Å²) in [6.07, 6.45) is 1.71. The fourth-order valence-electron chi connectivity index (χ4n) is 2.44. The van der Waals surface area contributed by atoms with Crippen molar-refractivity contribution in [3.05, 3.63) is 59.0 Å². The number of furan rings is 1. The molecule has 1 aromatic carbocycles. The van der Waals surface area contributed by atoms with Crippen LogP contribution >= 0.6 is 0 Å². The molecule has 2 aromatic rings. The highest BCUT2D eigenvalue weighted by atomic mass is 16.3. The Morgan fingerprint density at radius 2 is 2.00 bits per heavy atom. The van der Waals surface area contributed by atoms with Crippen molar-refractivity contribution in [2.24, 2.45) is 5.73 Å². The predicted octanol–water partition coefficient (Wildman–Crippen LogP) is 3.03. The smallest absolute Gasteiger partial charge is 0.117 e. The van der Waals surface area contributed by atoms with Gasteiger partial charge >= 0.3 is 0 Å². The molecule has 0 spiro atoms. The first kappa shape index (κ1) is 13.8. The Morgan fingerprint density at radius 3 is 2.63 bits per heavy atom. The molecule has 1 heterocycles. The molecule has 0 radical (unpaired) electrons. The number of hydrogen-bond donors (Lipinski definition) is 1. The van der Waals surface area contributed by atoms with Gasteiger partial charge in [0.15, 0.2) is 0 Å². The van der Waals surface area contributed by atoms with E-state index in [4.69, 9.17) is 10.2 Å². The number of hydrogen-bond acceptors (Lipinski definition) is 3. The summed E-state index contributed by atoms with van der Waals surface area (Å²) >= 11 is 0. The lowest BCUT2D eigenvalue weighted by atomic mass is 9.96. The summed E-state index contributed by atoms with van der Waals surface area (Å²) in [4.78, 5) is 2.24. The van der Waals surface area contributed by atoms with Crippen LogP contribution in [0.15, 0.2) is 41.0 Å². The molecule has 1 atom stereocenters. The monoisotopic (exact) mass is 258 g/mol. The largest absolute Gasteiger partial charge is 0.468 e. The van der Waals surface area contributed by atoms with E-state index in [0.717, 1.165) is 12.3 Å². The fraction of sp³-hybridized carbons (Fsp3) is 0.375. The van der Waals surface area contributed by atoms with E-state index in [9.17, 15) is 0 Å². The molecule has 0 aliphatic rings. The molecule has 0 saturated heterocycles. The molecule has 2 N–H and O–H groups in total. The van der Waals surface area contributed by atoms with Gasteiger partial charge in [-0.25, -0.2) is 0 Å². The van der Waals surface area contributed by atoms with Crippen molar-refractivity contribution in [2.45, 2.75) is 26.4 Å². The molecule has 0 bridgehead atoms. The highest BCUT2D eigenvalue weighted by Gasteiger charge is 2.18. The van der Waals surface area contributed by atoms with Crippen molar-refractivity contribution in [2.75, 3.05) is 13.6 Å². The van der Waals surface area contributed by atoms with Crippen LogP contribution in [-0.2, 0) is 6.54 Å². The second-order valence-corrected chi connectivity index (χ2v) is 5.04. The normalized spacial score (nSPS) is 12.9. The van der Waals surface area contributed by atoms with Gasteiger partial charge in [-0.2, -0.15) is 0 Å². The molecule has 102 valence electrons. The van der Waals surface area contributed by atoms with Crippen molar-refractivity contribution in [3.63, 3.8) is 0 Å². The summed E-state index contributed by atoms with van der Waals surface area (Å²) < 4.78 is 5.41. The maximum Gasteiger partial charge on any atom is 0.117 e. The van der Waals surface area contributed by atoms with Gasteiger partial charge < -0.3 is 10.2 Å². The standard InChI is InChI=1S/C16H22N2O/c1-12-6-4-8-15(13(12)2)16(10-17)18(3)11-14-7-5-9-19-14/h4-9,16H,10-11,17H2,1-3H3. The van der Waals surface area contributed by atoms with Gasteiger partial charge in [-0.15, -0.1) is 0 Å². The van der Waals surface area contributed by atoms with Crippen LogP contribution in [-0.4, -0.2) is 18.5 Å². The van der Waals surface area contributed by atoms with E-state index < -0.39 is 0 Å². The molecule has 0 fully saturated rings. The minimum absolute atomic E-state index is 0.213. The Morgan fingerprint density at radius 1 is 1.21 bits per heavy atom. The van der Waals surface area contributed by atoms with Crippen LogP contribution in [0.25, 0.3) is 0 Å². The minimum atomic E-state index is 0.213. The van der Waals surface area contributed by atoms with E-state index in [1.807, 2.05) is 12.1 Å². The summed E-state index contributed by atoms with van der Waals surface area (Å²) in [5, 5.41) is 0. The van der Waals surface area contributed by atoms with E-state index in [0.29, 0.717) is 6.54 Å². The first-order valence-electron chi connectivity index (χ1n) is 6.62. The molecule has 3 nitrogen and oxygen atoms in total. The Labute approximate surface area is 115 Å². The molecular weight excluding hydrogens is 236 g/mol. The van der Waals surface area contributed by atoms with Crippen molar-refractivity contribution < 1.29 is 4.42 Å². The van der Waals surface area contributed by atoms with Gasteiger partial charge in [-0.05, 0) is 49.7 Å². The van der Waals surface area contributed by atoms with Gasteiger partial charge in [0, 0.05) is 12.6 Å². The van der Waals surface area contributed by atoms with Crippen molar-refractivity contribution >= 4 is 0 Å². The molecule has 19 heavy (non-hydrogen) atoms. The summed E-state index contributed by atoms with van der Waals surface area (Å²) in [5.74, 6) is 0.964. The average molecular weight is 258 g/mol. The molecule has 0 aliphatic heterocycles. The lowest BCUT2D eigenvalue weighted by Gasteiger charge is -2.28. The van der Waals surface area contributed by atoms with Gasteiger partial charge in [0.25, 0.3) is 0 Å². The molecule has 1 unspecified atom stereocenters. The van der Waals surface area contributed by atoms with Crippen LogP contribution in [0.4, 0.5) is 0 Å². The molecular formula is C16H22N2O. The van der Waals surface area contributed by atoms with Crippen molar-refractivity contribution in [1.29, 1.82) is 0 Å². The van der Waals surface area contributed by atoms with Crippen LogP contribution in [0.2, 0.25) is 0 Å². The first-order valence-corrected chi connectivity index (χ1v) is 6.62. The number of rotatable bonds is 5. The number of nitrogens with zero attached hydrogens (tertiary/aromatic N) is 1. The summed E-state index contributed by atoms with van der Waals surface area (Å²) in [5.41, 5.74) is 9.91. The number of likely N-dealkylation sites (N-methyl/N-ethyl adjacent to an activating group) is 1. The van der Waals surface area contributed by atoms with Gasteiger partial charge in [0.1, 0.15) is 5.76 Å². The second kappa shape index (κ2) is 6.04. The summed E-state index contributed by atoms with van der Waals surface area (Å²) in [7, 11) is 2.09. The maximum atomic E-state index is 5.98. The SMILES string of the molecule is Cc1cccc(C(CN)N(C)Cc2ccco2)c1C. The number of benzene rings is 1. The van der Waals surface area contributed by atoms with Crippen LogP contribution in [0, 0.1) is 13.8 Å². The van der Waals surface area contributed by atoms with Crippen LogP contribution in [0.3, 0.4) is 0 Å². The molecule has 0 amide bonds. The minimum Gasteiger partial charge on any atom is -0.468 e. The fourth-order valence-corrected chi connectivity index (χ4v) is 2.44. The highest BCUT2D eigenvalue weighted by Crippen LogP contribution is 2.25. The number of nitrogens with two attached hydrogens (primary N) is 1. The van der Waals surface area contributed by atoms with E-state index >= 15 is 0 Å². The van der Waals surface area contributed by atoms with E-state index in [1.165, 1.54) is 16.7 Å². The van der Waals surface area contributed by atoms with E-state index in [1.54, 1.807) is 6.26 Å². The molecule has 2 rings (SSSR count). The van der Waals surface area contributed by atoms with Crippen molar-refractivity contribution in [3.8, 4) is 0 Å². The third-order valence-electron chi connectivity index (χ3n) is 3.75. The third-order valence-corrected chi connectivity index (χ3v) is 3.75. The number of aryl methyl sites for hydroxylation is 1. The molecule has 1 aromatic heterocycles. The Hall–Kier alpha value is -1.58. The van der Waals surface area contributed by atoms with Gasteiger partial charge in [0.05, 0.1) is 12.8 Å².